The minimum Gasteiger partial charge on any atom is -0.342 e. The molecule has 0 aliphatic carbocycles. The van der Waals surface area contributed by atoms with Crippen molar-refractivity contribution in [2.24, 2.45) is 25.9 Å². The number of aryl methyl sites for hydroxylation is 1. The first-order valence-electron chi connectivity index (χ1n) is 8.72. The number of hydrogen-bond donors (Lipinski definition) is 0. The smallest absolute Gasteiger partial charge is 0.332 e. The summed E-state index contributed by atoms with van der Waals surface area (Å²) in [4.78, 5) is 31.9. The van der Waals surface area contributed by atoms with Crippen molar-refractivity contribution in [3.63, 3.8) is 0 Å². The normalized spacial score (nSPS) is 16.5. The molecule has 3 heterocycles. The van der Waals surface area contributed by atoms with Crippen LogP contribution in [0.5, 0.6) is 0 Å². The maximum Gasteiger partial charge on any atom is 0.332 e. The van der Waals surface area contributed by atoms with Gasteiger partial charge in [0.1, 0.15) is 0 Å². The molecule has 0 N–H and O–H groups in total. The Labute approximate surface area is 141 Å². The Bertz CT molecular complexity index is 866. The van der Waals surface area contributed by atoms with E-state index in [2.05, 4.69) is 25.7 Å². The van der Waals surface area contributed by atoms with Crippen molar-refractivity contribution in [1.82, 2.24) is 18.7 Å². The van der Waals surface area contributed by atoms with Crippen LogP contribution in [0.15, 0.2) is 9.59 Å². The zero-order valence-corrected chi connectivity index (χ0v) is 15.2. The molecule has 0 atom stereocenters. The van der Waals surface area contributed by atoms with Crippen molar-refractivity contribution in [2.45, 2.75) is 40.2 Å². The second-order valence-electron chi connectivity index (χ2n) is 7.46. The van der Waals surface area contributed by atoms with E-state index in [1.54, 1.807) is 7.05 Å². The minimum atomic E-state index is -0.333. The van der Waals surface area contributed by atoms with E-state index in [0.717, 1.165) is 37.8 Å². The van der Waals surface area contributed by atoms with Crippen LogP contribution in [0.1, 0.15) is 33.6 Å². The minimum absolute atomic E-state index is 0.266. The maximum atomic E-state index is 12.7. The molecule has 24 heavy (non-hydrogen) atoms. The second kappa shape index (κ2) is 6.11. The number of rotatable bonds is 3. The van der Waals surface area contributed by atoms with Crippen molar-refractivity contribution in [1.29, 1.82) is 0 Å². The summed E-state index contributed by atoms with van der Waals surface area (Å²) in [6.45, 7) is 9.12. The van der Waals surface area contributed by atoms with Gasteiger partial charge in [0.05, 0.1) is 0 Å². The van der Waals surface area contributed by atoms with Crippen molar-refractivity contribution < 1.29 is 0 Å². The number of hydrogen-bond acceptors (Lipinski definition) is 4. The van der Waals surface area contributed by atoms with Gasteiger partial charge in [-0.25, -0.2) is 4.79 Å². The Kier molecular flexibility index (Phi) is 4.27. The predicted octanol–water partition coefficient (Wildman–Crippen LogP) is 1.33. The molecule has 0 unspecified atom stereocenters. The quantitative estimate of drug-likeness (QED) is 0.850. The molecular formula is C17H27N5O2. The summed E-state index contributed by atoms with van der Waals surface area (Å²) in [5.74, 6) is 1.93. The summed E-state index contributed by atoms with van der Waals surface area (Å²) in [6.07, 6.45) is 2.25. The topological polar surface area (TPSA) is 65.1 Å². The number of fused-ring (bicyclic) bond motifs is 1. The van der Waals surface area contributed by atoms with E-state index in [9.17, 15) is 9.59 Å². The van der Waals surface area contributed by atoms with Gasteiger partial charge in [-0.1, -0.05) is 20.8 Å². The lowest BCUT2D eigenvalue weighted by Gasteiger charge is -2.31. The highest BCUT2D eigenvalue weighted by Crippen LogP contribution is 2.25. The average molecular weight is 333 g/mol. The van der Waals surface area contributed by atoms with Gasteiger partial charge in [0.15, 0.2) is 11.2 Å². The van der Waals surface area contributed by atoms with Gasteiger partial charge in [0.2, 0.25) is 5.95 Å². The summed E-state index contributed by atoms with van der Waals surface area (Å²) in [5.41, 5.74) is 0.415. The third kappa shape index (κ3) is 2.65. The molecule has 1 aliphatic heterocycles. The third-order valence-electron chi connectivity index (χ3n) is 4.94. The van der Waals surface area contributed by atoms with Crippen LogP contribution in [0.25, 0.3) is 11.2 Å². The van der Waals surface area contributed by atoms with Gasteiger partial charge in [-0.2, -0.15) is 4.98 Å². The summed E-state index contributed by atoms with van der Waals surface area (Å²) in [5, 5.41) is 0. The lowest BCUT2D eigenvalue weighted by Crippen LogP contribution is -2.38. The fourth-order valence-electron chi connectivity index (χ4n) is 3.42. The van der Waals surface area contributed by atoms with E-state index in [1.165, 1.54) is 16.2 Å². The molecule has 0 spiro atoms. The summed E-state index contributed by atoms with van der Waals surface area (Å²) in [6, 6.07) is 0. The Balaban J connectivity index is 2.25. The number of piperidine rings is 1. The molecule has 3 rings (SSSR count). The molecule has 1 aliphatic rings. The van der Waals surface area contributed by atoms with E-state index in [-0.39, 0.29) is 11.2 Å². The number of anilines is 1. The third-order valence-corrected chi connectivity index (χ3v) is 4.94. The van der Waals surface area contributed by atoms with Gasteiger partial charge in [0.25, 0.3) is 5.56 Å². The molecular weight excluding hydrogens is 306 g/mol. The fraction of sp³-hybridized carbons (Fsp3) is 0.706. The highest BCUT2D eigenvalue weighted by Gasteiger charge is 2.25. The maximum absolute atomic E-state index is 12.7. The van der Waals surface area contributed by atoms with E-state index in [4.69, 9.17) is 4.98 Å². The molecule has 7 nitrogen and oxygen atoms in total. The van der Waals surface area contributed by atoms with Crippen molar-refractivity contribution in [2.75, 3.05) is 18.0 Å². The largest absolute Gasteiger partial charge is 0.342 e. The van der Waals surface area contributed by atoms with Crippen LogP contribution in [0.4, 0.5) is 5.95 Å². The Morgan fingerprint density at radius 2 is 1.75 bits per heavy atom. The second-order valence-corrected chi connectivity index (χ2v) is 7.46. The van der Waals surface area contributed by atoms with Crippen molar-refractivity contribution in [3.05, 3.63) is 20.8 Å². The number of aromatic nitrogens is 4. The van der Waals surface area contributed by atoms with Crippen LogP contribution in [0.2, 0.25) is 0 Å². The van der Waals surface area contributed by atoms with Crippen LogP contribution in [-0.2, 0) is 20.6 Å². The molecule has 1 saturated heterocycles. The molecule has 1 fully saturated rings. The Morgan fingerprint density at radius 1 is 1.12 bits per heavy atom. The zero-order chi connectivity index (χ0) is 17.6. The summed E-state index contributed by atoms with van der Waals surface area (Å²) < 4.78 is 4.66. The van der Waals surface area contributed by atoms with Gasteiger partial charge < -0.3 is 9.47 Å². The first-order valence-corrected chi connectivity index (χ1v) is 8.72. The first kappa shape index (κ1) is 16.8. The molecule has 2 aromatic rings. The van der Waals surface area contributed by atoms with E-state index in [1.807, 2.05) is 4.57 Å². The highest BCUT2D eigenvalue weighted by atomic mass is 16.2. The van der Waals surface area contributed by atoms with Crippen LogP contribution in [-0.4, -0.2) is 31.8 Å². The lowest BCUT2D eigenvalue weighted by atomic mass is 10.00. The highest BCUT2D eigenvalue weighted by molar-refractivity contribution is 5.74. The Hall–Kier alpha value is -2.05. The zero-order valence-electron chi connectivity index (χ0n) is 15.2. The average Bonchev–Trinajstić information content (AvgIpc) is 2.90. The summed E-state index contributed by atoms with van der Waals surface area (Å²) in [7, 11) is 3.21. The van der Waals surface area contributed by atoms with Crippen LogP contribution >= 0.6 is 0 Å². The van der Waals surface area contributed by atoms with Crippen LogP contribution in [0, 0.1) is 11.8 Å². The molecule has 2 aromatic heterocycles. The molecule has 7 heteroatoms. The van der Waals surface area contributed by atoms with E-state index < -0.39 is 0 Å². The van der Waals surface area contributed by atoms with Crippen molar-refractivity contribution in [3.8, 4) is 0 Å². The first-order chi connectivity index (χ1) is 11.3. The fourth-order valence-corrected chi connectivity index (χ4v) is 3.42. The lowest BCUT2D eigenvalue weighted by molar-refractivity contribution is 0.427. The predicted molar refractivity (Wildman–Crippen MR) is 95.7 cm³/mol. The molecule has 132 valence electrons. The molecule has 0 saturated carbocycles. The van der Waals surface area contributed by atoms with Crippen LogP contribution in [0.3, 0.4) is 0 Å². The molecule has 0 amide bonds. The van der Waals surface area contributed by atoms with E-state index in [0.29, 0.717) is 23.6 Å². The molecule has 0 aromatic carbocycles. The molecule has 0 radical (unpaired) electrons. The van der Waals surface area contributed by atoms with Gasteiger partial charge in [-0.3, -0.25) is 13.9 Å². The number of nitrogens with zero attached hydrogens (tertiary/aromatic N) is 5. The van der Waals surface area contributed by atoms with Gasteiger partial charge in [-0.05, 0) is 24.7 Å². The Morgan fingerprint density at radius 3 is 2.33 bits per heavy atom. The van der Waals surface area contributed by atoms with Gasteiger partial charge >= 0.3 is 5.69 Å². The van der Waals surface area contributed by atoms with Crippen LogP contribution < -0.4 is 16.1 Å². The standard InChI is InChI=1S/C17H27N5O2/c1-11(2)10-22-13-14(19(4)17(24)20(5)15(13)23)18-16(22)21-8-6-12(3)7-9-21/h11-12H,6-10H2,1-5H3. The van der Waals surface area contributed by atoms with Gasteiger partial charge in [-0.15, -0.1) is 0 Å². The SMILES string of the molecule is CC(C)Cn1c(N2CCC(C)CC2)nc2c1c(=O)n(C)c(=O)n2C. The monoisotopic (exact) mass is 333 g/mol. The van der Waals surface area contributed by atoms with E-state index >= 15 is 0 Å². The van der Waals surface area contributed by atoms with Gasteiger partial charge in [0, 0.05) is 33.7 Å². The number of imidazole rings is 1. The summed E-state index contributed by atoms with van der Waals surface area (Å²) >= 11 is 0. The van der Waals surface area contributed by atoms with Crippen molar-refractivity contribution >= 4 is 17.1 Å². The molecule has 0 bridgehead atoms.